The van der Waals surface area contributed by atoms with Crippen molar-refractivity contribution in [2.24, 2.45) is 0 Å². The Labute approximate surface area is 188 Å². The minimum atomic E-state index is -0.517. The Bertz CT molecular complexity index is 1300. The first-order valence-electron chi connectivity index (χ1n) is 10.5. The largest absolute Gasteiger partial charge is 0.496 e. The maximum absolute atomic E-state index is 14.5. The minimum absolute atomic E-state index is 0.0798. The lowest BCUT2D eigenvalue weighted by Gasteiger charge is -2.23. The van der Waals surface area contributed by atoms with E-state index in [-0.39, 0.29) is 23.2 Å². The Balaban J connectivity index is 1.49. The summed E-state index contributed by atoms with van der Waals surface area (Å²) in [5.41, 5.74) is 2.13. The molecule has 1 saturated heterocycles. The molecule has 33 heavy (non-hydrogen) atoms. The highest BCUT2D eigenvalue weighted by Crippen LogP contribution is 2.36. The summed E-state index contributed by atoms with van der Waals surface area (Å²) in [5.74, 6) is -0.0597. The van der Waals surface area contributed by atoms with Crippen LogP contribution in [0.3, 0.4) is 0 Å². The van der Waals surface area contributed by atoms with Crippen LogP contribution in [0.5, 0.6) is 5.75 Å². The third-order valence-corrected chi connectivity index (χ3v) is 5.68. The summed E-state index contributed by atoms with van der Waals surface area (Å²) in [6.45, 7) is 2.45. The second-order valence-electron chi connectivity index (χ2n) is 7.77. The van der Waals surface area contributed by atoms with Crippen LogP contribution in [0.15, 0.2) is 53.3 Å². The third-order valence-electron chi connectivity index (χ3n) is 5.68. The van der Waals surface area contributed by atoms with Gasteiger partial charge in [0.05, 0.1) is 30.8 Å². The minimum Gasteiger partial charge on any atom is -0.496 e. The van der Waals surface area contributed by atoms with Crippen molar-refractivity contribution in [1.82, 2.24) is 30.0 Å². The summed E-state index contributed by atoms with van der Waals surface area (Å²) < 4.78 is 25.2. The summed E-state index contributed by atoms with van der Waals surface area (Å²) in [6, 6.07) is 9.61. The molecule has 2 aromatic heterocycles. The normalized spacial score (nSPS) is 15.7. The Kier molecular flexibility index (Phi) is 5.33. The van der Waals surface area contributed by atoms with E-state index >= 15 is 0 Å². The van der Waals surface area contributed by atoms with Gasteiger partial charge < -0.3 is 14.2 Å². The Morgan fingerprint density at radius 3 is 2.82 bits per heavy atom. The van der Waals surface area contributed by atoms with Crippen molar-refractivity contribution < 1.29 is 18.4 Å². The molecule has 0 spiro atoms. The number of benzene rings is 2. The van der Waals surface area contributed by atoms with Crippen LogP contribution in [0.1, 0.15) is 40.7 Å². The number of aryl methyl sites for hydroxylation is 1. The molecule has 168 valence electrons. The van der Waals surface area contributed by atoms with Gasteiger partial charge in [-0.2, -0.15) is 20.0 Å². The van der Waals surface area contributed by atoms with E-state index in [9.17, 15) is 9.18 Å². The lowest BCUT2D eigenvalue weighted by molar-refractivity contribution is 0.0709. The quantitative estimate of drug-likeness (QED) is 0.458. The maximum Gasteiger partial charge on any atom is 0.256 e. The van der Waals surface area contributed by atoms with E-state index < -0.39 is 11.9 Å². The number of carbonyl (C=O) groups is 1. The Hall–Kier alpha value is -4.08. The SMILES string of the molecule is COc1cccc(F)c1-c1noc(C2CCCN2C(=O)c2cc(C)ccc2-n2nccn2)n1. The van der Waals surface area contributed by atoms with Crippen molar-refractivity contribution >= 4 is 5.91 Å². The molecule has 9 nitrogen and oxygen atoms in total. The fraction of sp³-hybridized carbons (Fsp3) is 0.261. The van der Waals surface area contributed by atoms with E-state index in [2.05, 4.69) is 20.3 Å². The van der Waals surface area contributed by atoms with Gasteiger partial charge in [-0.05, 0) is 44.0 Å². The van der Waals surface area contributed by atoms with Crippen molar-refractivity contribution in [1.29, 1.82) is 0 Å². The predicted molar refractivity (Wildman–Crippen MR) is 115 cm³/mol. The van der Waals surface area contributed by atoms with Crippen LogP contribution in [0, 0.1) is 12.7 Å². The van der Waals surface area contributed by atoms with E-state index in [1.807, 2.05) is 25.1 Å². The highest BCUT2D eigenvalue weighted by Gasteiger charge is 2.36. The smallest absolute Gasteiger partial charge is 0.256 e. The molecule has 3 heterocycles. The zero-order chi connectivity index (χ0) is 22.9. The molecule has 1 amide bonds. The molecule has 0 bridgehead atoms. The lowest BCUT2D eigenvalue weighted by atomic mass is 10.1. The molecule has 1 aliphatic rings. The average molecular weight is 448 g/mol. The van der Waals surface area contributed by atoms with Gasteiger partial charge in [-0.15, -0.1) is 0 Å². The Morgan fingerprint density at radius 2 is 2.03 bits per heavy atom. The fourth-order valence-electron chi connectivity index (χ4n) is 4.12. The first-order valence-corrected chi connectivity index (χ1v) is 10.5. The molecular formula is C23H21FN6O3. The summed E-state index contributed by atoms with van der Waals surface area (Å²) in [4.78, 5) is 21.2. The van der Waals surface area contributed by atoms with Crippen LogP contribution in [0.4, 0.5) is 4.39 Å². The number of carbonyl (C=O) groups excluding carboxylic acids is 1. The van der Waals surface area contributed by atoms with E-state index in [0.717, 1.165) is 12.0 Å². The van der Waals surface area contributed by atoms with Crippen molar-refractivity contribution in [2.75, 3.05) is 13.7 Å². The highest BCUT2D eigenvalue weighted by atomic mass is 19.1. The van der Waals surface area contributed by atoms with Crippen molar-refractivity contribution in [3.8, 4) is 22.8 Å². The number of amides is 1. The number of halogens is 1. The number of methoxy groups -OCH3 is 1. The van der Waals surface area contributed by atoms with Gasteiger partial charge in [-0.1, -0.05) is 22.9 Å². The molecule has 5 rings (SSSR count). The first-order chi connectivity index (χ1) is 16.1. The molecule has 0 N–H and O–H groups in total. The topological polar surface area (TPSA) is 99.2 Å². The highest BCUT2D eigenvalue weighted by molar-refractivity contribution is 5.98. The molecular weight excluding hydrogens is 427 g/mol. The second-order valence-corrected chi connectivity index (χ2v) is 7.77. The number of nitrogens with zero attached hydrogens (tertiary/aromatic N) is 6. The third kappa shape index (κ3) is 3.73. The number of rotatable bonds is 5. The van der Waals surface area contributed by atoms with Crippen LogP contribution >= 0.6 is 0 Å². The molecule has 4 aromatic rings. The summed E-state index contributed by atoms with van der Waals surface area (Å²) >= 11 is 0. The van der Waals surface area contributed by atoms with Crippen LogP contribution < -0.4 is 4.74 Å². The van der Waals surface area contributed by atoms with Gasteiger partial charge in [-0.3, -0.25) is 4.79 Å². The Morgan fingerprint density at radius 1 is 1.21 bits per heavy atom. The first kappa shape index (κ1) is 20.8. The molecule has 0 radical (unpaired) electrons. The number of hydrogen-bond acceptors (Lipinski definition) is 7. The lowest BCUT2D eigenvalue weighted by Crippen LogP contribution is -2.31. The molecule has 1 fully saturated rings. The molecule has 10 heteroatoms. The van der Waals surface area contributed by atoms with Crippen LogP contribution in [0.25, 0.3) is 17.1 Å². The standard InChI is InChI=1S/C23H21FN6O3/c1-14-8-9-17(30-25-10-11-26-30)15(13-14)23(31)29-12-4-6-18(29)22-27-21(28-33-22)20-16(24)5-3-7-19(20)32-2/h3,5,7-11,13,18H,4,6,12H2,1-2H3. The average Bonchev–Trinajstić information content (AvgIpc) is 3.59. The summed E-state index contributed by atoms with van der Waals surface area (Å²) in [5, 5.41) is 12.3. The molecule has 2 aromatic carbocycles. The van der Waals surface area contributed by atoms with E-state index in [0.29, 0.717) is 30.0 Å². The van der Waals surface area contributed by atoms with E-state index in [4.69, 9.17) is 9.26 Å². The van der Waals surface area contributed by atoms with Gasteiger partial charge in [-0.25, -0.2) is 4.39 Å². The zero-order valence-electron chi connectivity index (χ0n) is 18.1. The van der Waals surface area contributed by atoms with Gasteiger partial charge in [0.2, 0.25) is 11.7 Å². The molecule has 0 aliphatic carbocycles. The molecule has 1 atom stereocenters. The van der Waals surface area contributed by atoms with Crippen molar-refractivity contribution in [3.05, 3.63) is 71.6 Å². The van der Waals surface area contributed by atoms with Crippen LogP contribution in [0.2, 0.25) is 0 Å². The van der Waals surface area contributed by atoms with Crippen molar-refractivity contribution in [2.45, 2.75) is 25.8 Å². The summed E-state index contributed by atoms with van der Waals surface area (Å²) in [7, 11) is 1.45. The number of hydrogen-bond donors (Lipinski definition) is 0. The fourth-order valence-corrected chi connectivity index (χ4v) is 4.12. The predicted octanol–water partition coefficient (Wildman–Crippen LogP) is 3.75. The van der Waals surface area contributed by atoms with Crippen LogP contribution in [-0.4, -0.2) is 49.6 Å². The summed E-state index contributed by atoms with van der Waals surface area (Å²) in [6.07, 6.45) is 4.55. The second kappa shape index (κ2) is 8.45. The van der Waals surface area contributed by atoms with Gasteiger partial charge in [0.1, 0.15) is 23.2 Å². The van der Waals surface area contributed by atoms with Gasteiger partial charge in [0.25, 0.3) is 5.91 Å². The van der Waals surface area contributed by atoms with Crippen LogP contribution in [-0.2, 0) is 0 Å². The number of ether oxygens (including phenoxy) is 1. The number of aromatic nitrogens is 5. The van der Waals surface area contributed by atoms with E-state index in [1.165, 1.54) is 18.0 Å². The van der Waals surface area contributed by atoms with Gasteiger partial charge >= 0.3 is 0 Å². The monoisotopic (exact) mass is 448 g/mol. The molecule has 1 unspecified atom stereocenters. The number of likely N-dealkylation sites (tertiary alicyclic amines) is 1. The van der Waals surface area contributed by atoms with E-state index in [1.54, 1.807) is 29.4 Å². The molecule has 0 saturated carbocycles. The van der Waals surface area contributed by atoms with Gasteiger partial charge in [0.15, 0.2) is 0 Å². The zero-order valence-corrected chi connectivity index (χ0v) is 18.1. The van der Waals surface area contributed by atoms with Gasteiger partial charge in [0, 0.05) is 6.54 Å². The molecule has 1 aliphatic heterocycles. The van der Waals surface area contributed by atoms with Crippen molar-refractivity contribution in [3.63, 3.8) is 0 Å². The maximum atomic E-state index is 14.5.